The van der Waals surface area contributed by atoms with Gasteiger partial charge in [0.15, 0.2) is 0 Å². The van der Waals surface area contributed by atoms with Crippen LogP contribution >= 0.6 is 0 Å². The molecule has 4 N–H and O–H groups in total. The molecular formula is C38H32N6O4. The summed E-state index contributed by atoms with van der Waals surface area (Å²) < 4.78 is 10.4. The smallest absolute Gasteiger partial charge is 0.414 e. The maximum atomic E-state index is 13.2. The summed E-state index contributed by atoms with van der Waals surface area (Å²) in [5.41, 5.74) is 19.1. The number of aromatic nitrogens is 2. The molecule has 0 spiro atoms. The number of carbonyl (C=O) groups is 2. The van der Waals surface area contributed by atoms with Crippen LogP contribution in [0.15, 0.2) is 109 Å². The lowest BCUT2D eigenvalue weighted by atomic mass is 10.0. The van der Waals surface area contributed by atoms with Crippen LogP contribution in [-0.2, 0) is 22.6 Å². The van der Waals surface area contributed by atoms with Crippen LogP contribution < -0.4 is 21.3 Å². The Morgan fingerprint density at radius 2 is 0.917 bits per heavy atom. The number of anilines is 4. The van der Waals surface area contributed by atoms with Gasteiger partial charge in [-0.05, 0) is 71.8 Å². The molecule has 48 heavy (non-hydrogen) atoms. The van der Waals surface area contributed by atoms with Crippen molar-refractivity contribution < 1.29 is 19.1 Å². The molecule has 0 unspecified atom stereocenters. The first-order valence-electron chi connectivity index (χ1n) is 15.3. The van der Waals surface area contributed by atoms with Gasteiger partial charge in [0, 0.05) is 44.3 Å². The van der Waals surface area contributed by atoms with Crippen molar-refractivity contribution in [2.45, 2.75) is 13.1 Å². The number of amides is 2. The molecule has 0 aliphatic heterocycles. The predicted octanol–water partition coefficient (Wildman–Crippen LogP) is 7.80. The van der Waals surface area contributed by atoms with Gasteiger partial charge < -0.3 is 20.9 Å². The first-order valence-corrected chi connectivity index (χ1v) is 15.3. The minimum atomic E-state index is -0.535. The number of methoxy groups -OCH3 is 2. The first-order chi connectivity index (χ1) is 23.3. The van der Waals surface area contributed by atoms with E-state index in [2.05, 4.69) is 0 Å². The Balaban J connectivity index is 1.23. The van der Waals surface area contributed by atoms with Crippen molar-refractivity contribution in [1.29, 1.82) is 0 Å². The fourth-order valence-electron chi connectivity index (χ4n) is 5.94. The van der Waals surface area contributed by atoms with E-state index in [0.29, 0.717) is 33.8 Å². The molecule has 0 saturated heterocycles. The second kappa shape index (κ2) is 12.4. The highest BCUT2D eigenvalue weighted by Crippen LogP contribution is 2.30. The lowest BCUT2D eigenvalue weighted by Crippen LogP contribution is -2.33. The minimum absolute atomic E-state index is 0.177. The summed E-state index contributed by atoms with van der Waals surface area (Å²) in [5, 5.41) is 3.80. The van der Waals surface area contributed by atoms with Crippen LogP contribution in [0.4, 0.5) is 32.3 Å². The third-order valence-electron chi connectivity index (χ3n) is 8.43. The molecule has 7 aromatic rings. The molecule has 2 amide bonds. The number of fused-ring (bicyclic) bond motifs is 4. The van der Waals surface area contributed by atoms with Gasteiger partial charge in [0.2, 0.25) is 0 Å². The summed E-state index contributed by atoms with van der Waals surface area (Å²) in [6, 6.07) is 34.3. The Hall–Kier alpha value is -6.42. The van der Waals surface area contributed by atoms with Gasteiger partial charge in [0.05, 0.1) is 49.4 Å². The zero-order valence-electron chi connectivity index (χ0n) is 26.4. The molecule has 0 fully saturated rings. The number of benzene rings is 5. The molecule has 10 nitrogen and oxygen atoms in total. The summed E-state index contributed by atoms with van der Waals surface area (Å²) in [5.74, 6) is 0. The average Bonchev–Trinajstić information content (AvgIpc) is 3.10. The molecule has 0 aliphatic rings. The molecule has 0 saturated carbocycles. The van der Waals surface area contributed by atoms with Gasteiger partial charge >= 0.3 is 12.2 Å². The van der Waals surface area contributed by atoms with Crippen molar-refractivity contribution in [1.82, 2.24) is 9.97 Å². The molecule has 0 radical (unpaired) electrons. The number of nitrogens with two attached hydrogens (primary N) is 2. The molecule has 0 aliphatic carbocycles. The van der Waals surface area contributed by atoms with E-state index in [-0.39, 0.29) is 13.1 Å². The second-order valence-corrected chi connectivity index (χ2v) is 11.5. The van der Waals surface area contributed by atoms with E-state index in [1.165, 1.54) is 14.2 Å². The summed E-state index contributed by atoms with van der Waals surface area (Å²) in [4.78, 5) is 39.2. The molecule has 5 aromatic carbocycles. The van der Waals surface area contributed by atoms with Gasteiger partial charge in [-0.2, -0.15) is 0 Å². The highest BCUT2D eigenvalue weighted by molar-refractivity contribution is 5.98. The summed E-state index contributed by atoms with van der Waals surface area (Å²) in [6.45, 7) is 0.354. The van der Waals surface area contributed by atoms with Crippen LogP contribution in [0.1, 0.15) is 11.1 Å². The van der Waals surface area contributed by atoms with E-state index in [1.807, 2.05) is 109 Å². The number of nitrogen functional groups attached to an aromatic ring is 2. The molecule has 7 rings (SSSR count). The highest BCUT2D eigenvalue weighted by atomic mass is 16.5. The van der Waals surface area contributed by atoms with Gasteiger partial charge in [-0.1, -0.05) is 48.5 Å². The van der Waals surface area contributed by atoms with Crippen LogP contribution in [-0.4, -0.2) is 36.4 Å². The van der Waals surface area contributed by atoms with Gasteiger partial charge in [-0.15, -0.1) is 0 Å². The normalized spacial score (nSPS) is 11.2. The number of hydrogen-bond acceptors (Lipinski definition) is 8. The zero-order chi connectivity index (χ0) is 33.4. The van der Waals surface area contributed by atoms with Crippen molar-refractivity contribution in [2.24, 2.45) is 0 Å². The fraction of sp³-hybridized carbons (Fsp3) is 0.105. The van der Waals surface area contributed by atoms with Crippen molar-refractivity contribution >= 4 is 78.5 Å². The Morgan fingerprint density at radius 1 is 0.542 bits per heavy atom. The number of carbonyl (C=O) groups excluding carboxylic acids is 2. The SMILES string of the molecule is COC(=O)N(Cc1ccccc1CN(C(=O)OC)c1ccc2cc3ccc(N)cc3nc2c1)c1ccc2cc3ccc(N)cc3nc2c1. The Bertz CT molecular complexity index is 2210. The van der Waals surface area contributed by atoms with E-state index in [4.69, 9.17) is 30.9 Å². The van der Waals surface area contributed by atoms with E-state index >= 15 is 0 Å². The number of rotatable bonds is 6. The summed E-state index contributed by atoms with van der Waals surface area (Å²) >= 11 is 0. The van der Waals surface area contributed by atoms with Crippen LogP contribution in [0.3, 0.4) is 0 Å². The van der Waals surface area contributed by atoms with Gasteiger partial charge in [-0.25, -0.2) is 19.6 Å². The van der Waals surface area contributed by atoms with Gasteiger partial charge in [0.1, 0.15) is 0 Å². The summed E-state index contributed by atoms with van der Waals surface area (Å²) in [7, 11) is 2.70. The lowest BCUT2D eigenvalue weighted by molar-refractivity contribution is 0.177. The van der Waals surface area contributed by atoms with Crippen molar-refractivity contribution in [3.63, 3.8) is 0 Å². The number of nitrogens with zero attached hydrogens (tertiary/aromatic N) is 4. The molecule has 0 atom stereocenters. The predicted molar refractivity (Wildman–Crippen MR) is 191 cm³/mol. The quantitative estimate of drug-likeness (QED) is 0.139. The topological polar surface area (TPSA) is 137 Å². The Kier molecular flexibility index (Phi) is 7.82. The van der Waals surface area contributed by atoms with Crippen molar-refractivity contribution in [3.8, 4) is 0 Å². The summed E-state index contributed by atoms with van der Waals surface area (Å²) in [6.07, 6.45) is -1.07. The van der Waals surface area contributed by atoms with Crippen LogP contribution in [0.25, 0.3) is 43.6 Å². The fourth-order valence-corrected chi connectivity index (χ4v) is 5.94. The molecular weight excluding hydrogens is 604 g/mol. The number of hydrogen-bond donors (Lipinski definition) is 2. The van der Waals surface area contributed by atoms with Crippen molar-refractivity contribution in [2.75, 3.05) is 35.5 Å². The maximum Gasteiger partial charge on any atom is 0.414 e. The van der Waals surface area contributed by atoms with Crippen LogP contribution in [0.5, 0.6) is 0 Å². The maximum absolute atomic E-state index is 13.2. The third kappa shape index (κ3) is 5.82. The number of pyridine rings is 2. The molecule has 2 heterocycles. The standard InChI is InChI=1S/C38H32N6O4/c1-47-37(45)43(31-13-9-25-15-23-7-11-29(39)17-33(23)41-35(25)19-31)21-27-5-3-4-6-28(27)22-44(38(46)48-2)32-14-10-26-16-24-8-12-30(40)18-34(24)42-36(26)20-32/h3-20H,21-22,39-40H2,1-2H3. The van der Waals surface area contributed by atoms with E-state index in [0.717, 1.165) is 43.7 Å². The largest absolute Gasteiger partial charge is 0.452 e. The van der Waals surface area contributed by atoms with E-state index in [9.17, 15) is 9.59 Å². The van der Waals surface area contributed by atoms with Gasteiger partial charge in [-0.3, -0.25) is 9.80 Å². The average molecular weight is 637 g/mol. The monoisotopic (exact) mass is 636 g/mol. The highest BCUT2D eigenvalue weighted by Gasteiger charge is 2.23. The Labute approximate surface area is 276 Å². The molecule has 238 valence electrons. The lowest BCUT2D eigenvalue weighted by Gasteiger charge is -2.26. The van der Waals surface area contributed by atoms with Crippen LogP contribution in [0, 0.1) is 0 Å². The third-order valence-corrected chi connectivity index (χ3v) is 8.43. The van der Waals surface area contributed by atoms with E-state index < -0.39 is 12.2 Å². The minimum Gasteiger partial charge on any atom is -0.452 e. The molecule has 2 aromatic heterocycles. The van der Waals surface area contributed by atoms with Crippen LogP contribution in [0.2, 0.25) is 0 Å². The zero-order valence-corrected chi connectivity index (χ0v) is 26.4. The second-order valence-electron chi connectivity index (χ2n) is 11.5. The molecule has 0 bridgehead atoms. The molecule has 10 heteroatoms. The van der Waals surface area contributed by atoms with E-state index in [1.54, 1.807) is 9.80 Å². The Morgan fingerprint density at radius 3 is 1.31 bits per heavy atom. The van der Waals surface area contributed by atoms with Gasteiger partial charge in [0.25, 0.3) is 0 Å². The first kappa shape index (κ1) is 30.2. The van der Waals surface area contributed by atoms with Crippen molar-refractivity contribution in [3.05, 3.63) is 120 Å². The number of ether oxygens (including phenoxy) is 2.